The Kier molecular flexibility index (Phi) is 3.47. The Morgan fingerprint density at radius 3 is 2.79 bits per heavy atom. The third-order valence-corrected chi connectivity index (χ3v) is 2.04. The summed E-state index contributed by atoms with van der Waals surface area (Å²) >= 11 is 0. The SMILES string of the molecule is COc1cccc(CC#N)c1C(C)F. The lowest BCUT2D eigenvalue weighted by Crippen LogP contribution is -1.98. The summed E-state index contributed by atoms with van der Waals surface area (Å²) in [5.41, 5.74) is 1.18. The Morgan fingerprint density at radius 1 is 1.57 bits per heavy atom. The molecule has 14 heavy (non-hydrogen) atoms. The van der Waals surface area contributed by atoms with Crippen LogP contribution in [0.1, 0.15) is 24.2 Å². The van der Waals surface area contributed by atoms with E-state index in [1.165, 1.54) is 14.0 Å². The van der Waals surface area contributed by atoms with Gasteiger partial charge in [0.2, 0.25) is 0 Å². The smallest absolute Gasteiger partial charge is 0.126 e. The van der Waals surface area contributed by atoms with Crippen LogP contribution in [0.4, 0.5) is 4.39 Å². The van der Waals surface area contributed by atoms with Gasteiger partial charge in [0.25, 0.3) is 0 Å². The molecule has 1 unspecified atom stereocenters. The molecule has 0 radical (unpaired) electrons. The summed E-state index contributed by atoms with van der Waals surface area (Å²) in [6.45, 7) is 1.44. The first-order valence-electron chi connectivity index (χ1n) is 4.37. The van der Waals surface area contributed by atoms with Gasteiger partial charge in [-0.1, -0.05) is 12.1 Å². The summed E-state index contributed by atoms with van der Waals surface area (Å²) in [4.78, 5) is 0. The number of rotatable bonds is 3. The van der Waals surface area contributed by atoms with Crippen molar-refractivity contribution in [3.05, 3.63) is 29.3 Å². The molecular weight excluding hydrogens is 181 g/mol. The van der Waals surface area contributed by atoms with E-state index in [4.69, 9.17) is 10.00 Å². The molecule has 0 saturated heterocycles. The van der Waals surface area contributed by atoms with E-state index in [1.54, 1.807) is 18.2 Å². The minimum atomic E-state index is -1.12. The molecule has 74 valence electrons. The summed E-state index contributed by atoms with van der Waals surface area (Å²) in [5, 5.41) is 8.58. The maximum Gasteiger partial charge on any atom is 0.126 e. The van der Waals surface area contributed by atoms with Gasteiger partial charge < -0.3 is 4.74 Å². The highest BCUT2D eigenvalue weighted by Crippen LogP contribution is 2.30. The Morgan fingerprint density at radius 2 is 2.29 bits per heavy atom. The predicted molar refractivity (Wildman–Crippen MR) is 51.8 cm³/mol. The molecule has 1 atom stereocenters. The van der Waals surface area contributed by atoms with Gasteiger partial charge in [-0.15, -0.1) is 0 Å². The Balaban J connectivity index is 3.22. The van der Waals surface area contributed by atoms with Gasteiger partial charge in [-0.2, -0.15) is 5.26 Å². The van der Waals surface area contributed by atoms with Crippen LogP contribution in [-0.2, 0) is 6.42 Å². The van der Waals surface area contributed by atoms with Gasteiger partial charge >= 0.3 is 0 Å². The van der Waals surface area contributed by atoms with Crippen LogP contribution in [0, 0.1) is 11.3 Å². The second kappa shape index (κ2) is 4.61. The van der Waals surface area contributed by atoms with Crippen molar-refractivity contribution in [3.63, 3.8) is 0 Å². The van der Waals surface area contributed by atoms with Gasteiger partial charge in [0.15, 0.2) is 0 Å². The molecule has 0 aliphatic heterocycles. The maximum atomic E-state index is 13.3. The molecule has 2 nitrogen and oxygen atoms in total. The van der Waals surface area contributed by atoms with Crippen LogP contribution in [0.25, 0.3) is 0 Å². The number of hydrogen-bond acceptors (Lipinski definition) is 2. The molecule has 1 rings (SSSR count). The van der Waals surface area contributed by atoms with E-state index in [9.17, 15) is 4.39 Å². The molecular formula is C11H12FNO. The summed E-state index contributed by atoms with van der Waals surface area (Å²) < 4.78 is 18.3. The van der Waals surface area contributed by atoms with E-state index in [1.807, 2.05) is 6.07 Å². The van der Waals surface area contributed by atoms with E-state index < -0.39 is 6.17 Å². The monoisotopic (exact) mass is 193 g/mol. The van der Waals surface area contributed by atoms with E-state index >= 15 is 0 Å². The molecule has 0 aliphatic rings. The van der Waals surface area contributed by atoms with Crippen LogP contribution in [0.2, 0.25) is 0 Å². The number of alkyl halides is 1. The van der Waals surface area contributed by atoms with E-state index in [-0.39, 0.29) is 6.42 Å². The zero-order chi connectivity index (χ0) is 10.6. The zero-order valence-electron chi connectivity index (χ0n) is 8.25. The lowest BCUT2D eigenvalue weighted by atomic mass is 10.0. The quantitative estimate of drug-likeness (QED) is 0.739. The van der Waals surface area contributed by atoms with Crippen molar-refractivity contribution in [2.24, 2.45) is 0 Å². The van der Waals surface area contributed by atoms with E-state index in [0.717, 1.165) is 0 Å². The lowest BCUT2D eigenvalue weighted by molar-refractivity contribution is 0.344. The van der Waals surface area contributed by atoms with Gasteiger partial charge in [0.1, 0.15) is 11.9 Å². The average Bonchev–Trinajstić information content (AvgIpc) is 2.17. The van der Waals surface area contributed by atoms with Crippen molar-refractivity contribution in [1.29, 1.82) is 5.26 Å². The fourth-order valence-electron chi connectivity index (χ4n) is 1.46. The number of benzene rings is 1. The fourth-order valence-corrected chi connectivity index (χ4v) is 1.46. The lowest BCUT2D eigenvalue weighted by Gasteiger charge is -2.12. The molecule has 0 amide bonds. The number of hydrogen-bond donors (Lipinski definition) is 0. The van der Waals surface area contributed by atoms with Crippen LogP contribution < -0.4 is 4.74 Å². The maximum absolute atomic E-state index is 13.3. The molecule has 0 bridgehead atoms. The third-order valence-electron chi connectivity index (χ3n) is 2.04. The molecule has 1 aromatic carbocycles. The summed E-state index contributed by atoms with van der Waals surface area (Å²) in [5.74, 6) is 0.507. The fraction of sp³-hybridized carbons (Fsp3) is 0.364. The number of nitrogens with zero attached hydrogens (tertiary/aromatic N) is 1. The highest BCUT2D eigenvalue weighted by molar-refractivity contribution is 5.42. The molecule has 0 aliphatic carbocycles. The van der Waals surface area contributed by atoms with Crippen LogP contribution in [0.3, 0.4) is 0 Å². The van der Waals surface area contributed by atoms with Crippen LogP contribution in [0.5, 0.6) is 5.75 Å². The van der Waals surface area contributed by atoms with Crippen molar-refractivity contribution >= 4 is 0 Å². The molecule has 0 aromatic heterocycles. The zero-order valence-corrected chi connectivity index (χ0v) is 8.25. The largest absolute Gasteiger partial charge is 0.496 e. The first-order chi connectivity index (χ1) is 6.70. The van der Waals surface area contributed by atoms with Gasteiger partial charge in [0, 0.05) is 5.56 Å². The van der Waals surface area contributed by atoms with E-state index in [2.05, 4.69) is 0 Å². The predicted octanol–water partition coefficient (Wildman–Crippen LogP) is 2.79. The molecule has 0 fully saturated rings. The second-order valence-corrected chi connectivity index (χ2v) is 2.98. The Bertz CT molecular complexity index is 355. The van der Waals surface area contributed by atoms with Crippen LogP contribution in [-0.4, -0.2) is 7.11 Å². The van der Waals surface area contributed by atoms with Gasteiger partial charge in [0.05, 0.1) is 19.6 Å². The van der Waals surface area contributed by atoms with Crippen LogP contribution >= 0.6 is 0 Å². The average molecular weight is 193 g/mol. The highest BCUT2D eigenvalue weighted by Gasteiger charge is 2.14. The molecule has 3 heteroatoms. The van der Waals surface area contributed by atoms with Gasteiger partial charge in [-0.05, 0) is 18.6 Å². The molecule has 1 aromatic rings. The molecule has 0 spiro atoms. The van der Waals surface area contributed by atoms with Crippen molar-refractivity contribution in [2.75, 3.05) is 7.11 Å². The van der Waals surface area contributed by atoms with E-state index in [0.29, 0.717) is 16.9 Å². The number of nitriles is 1. The van der Waals surface area contributed by atoms with Crippen LogP contribution in [0.15, 0.2) is 18.2 Å². The number of methoxy groups -OCH3 is 1. The third kappa shape index (κ3) is 2.02. The topological polar surface area (TPSA) is 33.0 Å². The van der Waals surface area contributed by atoms with Gasteiger partial charge in [-0.25, -0.2) is 4.39 Å². The summed E-state index contributed by atoms with van der Waals surface area (Å²) in [6.07, 6.45) is -0.907. The normalized spacial score (nSPS) is 11.9. The van der Waals surface area contributed by atoms with Crippen molar-refractivity contribution < 1.29 is 9.13 Å². The van der Waals surface area contributed by atoms with Crippen molar-refractivity contribution in [1.82, 2.24) is 0 Å². The highest BCUT2D eigenvalue weighted by atomic mass is 19.1. The van der Waals surface area contributed by atoms with Crippen molar-refractivity contribution in [2.45, 2.75) is 19.5 Å². The minimum Gasteiger partial charge on any atom is -0.496 e. The number of halogens is 1. The second-order valence-electron chi connectivity index (χ2n) is 2.98. The van der Waals surface area contributed by atoms with Crippen molar-refractivity contribution in [3.8, 4) is 11.8 Å². The molecule has 0 saturated carbocycles. The first-order valence-corrected chi connectivity index (χ1v) is 4.37. The molecule has 0 heterocycles. The number of ether oxygens (including phenoxy) is 1. The Hall–Kier alpha value is -1.56. The minimum absolute atomic E-state index is 0.209. The Labute approximate surface area is 82.9 Å². The summed E-state index contributed by atoms with van der Waals surface area (Å²) in [6, 6.07) is 7.22. The molecule has 0 N–H and O–H groups in total. The summed E-state index contributed by atoms with van der Waals surface area (Å²) in [7, 11) is 1.50. The first kappa shape index (κ1) is 10.5. The van der Waals surface area contributed by atoms with Gasteiger partial charge in [-0.3, -0.25) is 0 Å². The standard InChI is InChI=1S/C11H12FNO/c1-8(12)11-9(6-7-13)4-3-5-10(11)14-2/h3-5,8H,6H2,1-2H3.